The van der Waals surface area contributed by atoms with Gasteiger partial charge in [-0.05, 0) is 66.9 Å². The second-order valence-electron chi connectivity index (χ2n) is 14.4. The molecule has 0 unspecified atom stereocenters. The molecule has 6 rings (SSSR count). The molecule has 2 aliphatic heterocycles. The van der Waals surface area contributed by atoms with E-state index in [0.717, 1.165) is 72.8 Å². The maximum Gasteiger partial charge on any atom is 0.203 e. The number of methoxy groups -OCH3 is 2. The average Bonchev–Trinajstić information content (AvgIpc) is 3.23. The number of benzene rings is 4. The van der Waals surface area contributed by atoms with E-state index < -0.39 is 0 Å². The molecule has 0 fully saturated rings. The molecule has 0 saturated heterocycles. The molecule has 0 radical (unpaired) electrons. The van der Waals surface area contributed by atoms with Gasteiger partial charge in [0.1, 0.15) is 49.1 Å². The Morgan fingerprint density at radius 2 is 1.26 bits per heavy atom. The summed E-state index contributed by atoms with van der Waals surface area (Å²) in [5.74, 6) is 2.26. The Labute approximate surface area is 340 Å². The van der Waals surface area contributed by atoms with Gasteiger partial charge in [0, 0.05) is 75.8 Å². The van der Waals surface area contributed by atoms with Gasteiger partial charge in [-0.1, -0.05) is 24.3 Å². The smallest absolute Gasteiger partial charge is 0.203 e. The van der Waals surface area contributed by atoms with Gasteiger partial charge in [-0.3, -0.25) is 10.5 Å². The number of nitrogens with zero attached hydrogens (tertiary/aromatic N) is 3. The predicted octanol–water partition coefficient (Wildman–Crippen LogP) is 6.75. The number of rotatable bonds is 15. The molecule has 0 bridgehead atoms. The topological polar surface area (TPSA) is 128 Å². The minimum atomic E-state index is 0.210. The molecular weight excluding hydrogens is 743 g/mol. The molecule has 0 amide bonds. The summed E-state index contributed by atoms with van der Waals surface area (Å²) in [5.41, 5.74) is 7.88. The lowest BCUT2D eigenvalue weighted by atomic mass is 9.93. The minimum Gasteiger partial charge on any atom is -0.488 e. The number of fused-ring (bicyclic) bond motifs is 4. The fourth-order valence-corrected chi connectivity index (χ4v) is 7.41. The highest BCUT2D eigenvalue weighted by atomic mass is 17.1. The largest absolute Gasteiger partial charge is 0.488 e. The Balaban J connectivity index is 1.43. The van der Waals surface area contributed by atoms with Crippen molar-refractivity contribution in [3.8, 4) is 33.9 Å². The van der Waals surface area contributed by atoms with Crippen LogP contribution in [0.3, 0.4) is 0 Å². The lowest BCUT2D eigenvalue weighted by Crippen LogP contribution is -2.33. The Kier molecular flexibility index (Phi) is 16.2. The van der Waals surface area contributed by atoms with Crippen molar-refractivity contribution in [2.45, 2.75) is 26.7 Å². The van der Waals surface area contributed by atoms with E-state index in [-0.39, 0.29) is 13.2 Å². The lowest BCUT2D eigenvalue weighted by Gasteiger charge is -2.28. The van der Waals surface area contributed by atoms with Crippen molar-refractivity contribution in [1.29, 1.82) is 0 Å². The summed E-state index contributed by atoms with van der Waals surface area (Å²) in [4.78, 5) is 13.2. The van der Waals surface area contributed by atoms with Gasteiger partial charge in [0.25, 0.3) is 0 Å². The fraction of sp³-hybridized carbons (Fsp3) is 0.444. The van der Waals surface area contributed by atoms with E-state index in [9.17, 15) is 0 Å². The van der Waals surface area contributed by atoms with Gasteiger partial charge >= 0.3 is 0 Å². The van der Waals surface area contributed by atoms with Crippen LogP contribution in [0.5, 0.6) is 11.5 Å². The van der Waals surface area contributed by atoms with Gasteiger partial charge in [0.15, 0.2) is 0 Å². The van der Waals surface area contributed by atoms with Crippen molar-refractivity contribution >= 4 is 22.3 Å². The summed E-state index contributed by atoms with van der Waals surface area (Å²) in [6.45, 7) is 11.4. The first-order valence-electron chi connectivity index (χ1n) is 20.1. The zero-order chi connectivity index (χ0) is 40.7. The van der Waals surface area contributed by atoms with Gasteiger partial charge in [0.2, 0.25) is 5.36 Å². The lowest BCUT2D eigenvalue weighted by molar-refractivity contribution is -0.243. The van der Waals surface area contributed by atoms with Gasteiger partial charge in [0.05, 0.1) is 57.1 Å². The number of ether oxygens (including phenoxy) is 5. The third-order valence-electron chi connectivity index (χ3n) is 10.3. The van der Waals surface area contributed by atoms with Crippen LogP contribution in [0, 0.1) is 13.8 Å². The quantitative estimate of drug-likeness (QED) is 0.0383. The predicted molar refractivity (Wildman–Crippen MR) is 226 cm³/mol. The van der Waals surface area contributed by atoms with Crippen molar-refractivity contribution in [3.05, 3.63) is 89.3 Å². The fourth-order valence-electron chi connectivity index (χ4n) is 7.41. The highest BCUT2D eigenvalue weighted by Gasteiger charge is 2.22. The first-order chi connectivity index (χ1) is 28.4. The second kappa shape index (κ2) is 21.9. The van der Waals surface area contributed by atoms with Gasteiger partial charge in [-0.15, -0.1) is 0 Å². The molecular formula is C45H58N3O10+. The highest BCUT2D eigenvalue weighted by Crippen LogP contribution is 2.43. The van der Waals surface area contributed by atoms with Crippen LogP contribution in [0.15, 0.2) is 77.2 Å². The third-order valence-corrected chi connectivity index (χ3v) is 10.3. The monoisotopic (exact) mass is 800 g/mol. The molecule has 58 heavy (non-hydrogen) atoms. The first kappa shape index (κ1) is 42.9. The van der Waals surface area contributed by atoms with E-state index in [1.807, 2.05) is 0 Å². The molecule has 3 aromatic carbocycles. The molecule has 312 valence electrons. The van der Waals surface area contributed by atoms with Crippen LogP contribution in [0.1, 0.15) is 24.0 Å². The van der Waals surface area contributed by atoms with E-state index in [1.54, 1.807) is 14.2 Å². The van der Waals surface area contributed by atoms with E-state index in [1.165, 1.54) is 0 Å². The summed E-state index contributed by atoms with van der Waals surface area (Å²) < 4.78 is 39.2. The Morgan fingerprint density at radius 1 is 0.655 bits per heavy atom. The van der Waals surface area contributed by atoms with Gasteiger partial charge in [-0.2, -0.15) is 0 Å². The van der Waals surface area contributed by atoms with Crippen LogP contribution >= 0.6 is 0 Å². The van der Waals surface area contributed by atoms with Crippen molar-refractivity contribution in [2.24, 2.45) is 0 Å². The van der Waals surface area contributed by atoms with Crippen LogP contribution in [0.4, 0.5) is 11.4 Å². The summed E-state index contributed by atoms with van der Waals surface area (Å²) in [6.07, 6.45) is 1.22. The van der Waals surface area contributed by atoms with Crippen LogP contribution in [-0.2, 0) is 24.0 Å². The maximum atomic E-state index is 8.96. The van der Waals surface area contributed by atoms with E-state index in [0.29, 0.717) is 91.8 Å². The normalized spacial score (nSPS) is 14.0. The molecule has 3 aromatic rings. The molecule has 1 aliphatic carbocycles. The molecule has 13 nitrogen and oxygen atoms in total. The molecule has 2 heterocycles. The Bertz CT molecular complexity index is 2090. The molecule has 0 atom stereocenters. The van der Waals surface area contributed by atoms with Crippen LogP contribution in [0.2, 0.25) is 0 Å². The van der Waals surface area contributed by atoms with E-state index in [2.05, 4.69) is 111 Å². The SMILES string of the molecule is COCCN1CCOCCN(CCOC)c2ccc(-c3c4ccc(=[N+](CCCOO)CCCOO)cc-4oc4cc(C)ccc34)cc2OCCOc2cc(C)ccc21. The van der Waals surface area contributed by atoms with Crippen LogP contribution in [0.25, 0.3) is 33.4 Å². The minimum absolute atomic E-state index is 0.210. The summed E-state index contributed by atoms with van der Waals surface area (Å²) in [7, 11) is 3.43. The molecule has 0 aromatic heterocycles. The highest BCUT2D eigenvalue weighted by molar-refractivity contribution is 6.02. The summed E-state index contributed by atoms with van der Waals surface area (Å²) in [5, 5.41) is 19.9. The van der Waals surface area contributed by atoms with Crippen molar-refractivity contribution in [3.63, 3.8) is 0 Å². The summed E-state index contributed by atoms with van der Waals surface area (Å²) >= 11 is 0. The second-order valence-corrected chi connectivity index (χ2v) is 14.4. The van der Waals surface area contributed by atoms with Crippen LogP contribution in [-0.4, -0.2) is 117 Å². The van der Waals surface area contributed by atoms with E-state index >= 15 is 0 Å². The number of hydrogen-bond donors (Lipinski definition) is 2. The van der Waals surface area contributed by atoms with Crippen molar-refractivity contribution in [2.75, 3.05) is 116 Å². The van der Waals surface area contributed by atoms with Gasteiger partial charge < -0.3 is 37.9 Å². The molecule has 13 heteroatoms. The average molecular weight is 801 g/mol. The first-order valence-corrected chi connectivity index (χ1v) is 20.1. The molecule has 3 aliphatic rings. The maximum absolute atomic E-state index is 8.96. The van der Waals surface area contributed by atoms with Crippen molar-refractivity contribution < 1.29 is 48.4 Å². The molecule has 0 saturated carbocycles. The van der Waals surface area contributed by atoms with Gasteiger partial charge in [-0.25, -0.2) is 14.4 Å². The third kappa shape index (κ3) is 11.1. The zero-order valence-corrected chi connectivity index (χ0v) is 34.2. The number of aryl methyl sites for hydroxylation is 2. The number of anilines is 2. The Morgan fingerprint density at radius 3 is 1.90 bits per heavy atom. The molecule has 0 spiro atoms. The summed E-state index contributed by atoms with van der Waals surface area (Å²) in [6, 6.07) is 25.2. The standard InChI is InChI=1S/C45H57N3O10/c1-33-7-11-37-41(29-33)58-42-32-36(46(15-5-21-56-49)16-6-22-57-50)10-12-38(42)45(37)35-9-14-40-44(31-35)55-28-27-54-43-30-34(2)8-13-39(43)47(17-23-51-3)19-25-53-26-20-48(40)18-24-52-4/h7-14,29-32H,5-6,15-28H2,1-4H3,(H-,49,50)/p+1. The van der Waals surface area contributed by atoms with E-state index in [4.69, 9.17) is 38.6 Å². The van der Waals surface area contributed by atoms with Crippen molar-refractivity contribution in [1.82, 2.24) is 4.58 Å². The Hall–Kier alpha value is -4.73. The van der Waals surface area contributed by atoms with Crippen LogP contribution < -0.4 is 29.2 Å². The molecule has 2 N–H and O–H groups in total. The number of hydrogen-bond acceptors (Lipinski definition) is 12. The zero-order valence-electron chi connectivity index (χ0n) is 34.2.